The zero-order valence-corrected chi connectivity index (χ0v) is 9.51. The number of nitrogens with two attached hydrogens (primary N) is 1. The summed E-state index contributed by atoms with van der Waals surface area (Å²) in [6.45, 7) is 5.36. The first-order chi connectivity index (χ1) is 6.22. The molecule has 1 aromatic carbocycles. The average Bonchev–Trinajstić information content (AvgIpc) is 2.15. The Labute approximate surface area is 91.9 Å². The summed E-state index contributed by atoms with van der Waals surface area (Å²) in [6.07, 6.45) is 0.286. The van der Waals surface area contributed by atoms with Crippen molar-refractivity contribution in [3.8, 4) is 0 Å². The summed E-state index contributed by atoms with van der Waals surface area (Å²) in [4.78, 5) is 0. The molecule has 0 radical (unpaired) electrons. The Morgan fingerprint density at radius 2 is 1.64 bits per heavy atom. The van der Waals surface area contributed by atoms with Crippen molar-refractivity contribution in [2.75, 3.05) is 0 Å². The normalized spacial score (nSPS) is 10.0. The summed E-state index contributed by atoms with van der Waals surface area (Å²) in [5.74, 6) is 0. The van der Waals surface area contributed by atoms with Crippen molar-refractivity contribution >= 4 is 12.4 Å². The van der Waals surface area contributed by atoms with Gasteiger partial charge in [0.2, 0.25) is 0 Å². The highest BCUT2D eigenvalue weighted by Crippen LogP contribution is 2.06. The predicted molar refractivity (Wildman–Crippen MR) is 61.5 cm³/mol. The van der Waals surface area contributed by atoms with Crippen LogP contribution in [-0.2, 0) is 17.9 Å². The Hall–Kier alpha value is -0.570. The molecular formula is C11H18ClNO. The third kappa shape index (κ3) is 4.61. The quantitative estimate of drug-likeness (QED) is 0.838. The van der Waals surface area contributed by atoms with E-state index in [-0.39, 0.29) is 18.5 Å². The monoisotopic (exact) mass is 215 g/mol. The lowest BCUT2D eigenvalue weighted by Crippen LogP contribution is -2.02. The second kappa shape index (κ2) is 6.82. The molecule has 0 amide bonds. The fraction of sp³-hybridized carbons (Fsp3) is 0.455. The highest BCUT2D eigenvalue weighted by molar-refractivity contribution is 5.85. The fourth-order valence-corrected chi connectivity index (χ4v) is 1.03. The van der Waals surface area contributed by atoms with E-state index in [1.54, 1.807) is 0 Å². The maximum Gasteiger partial charge on any atom is 0.0720 e. The molecule has 0 saturated heterocycles. The Kier molecular flexibility index (Phi) is 6.54. The summed E-state index contributed by atoms with van der Waals surface area (Å²) in [5, 5.41) is 0. The van der Waals surface area contributed by atoms with E-state index in [1.165, 1.54) is 5.56 Å². The van der Waals surface area contributed by atoms with Crippen molar-refractivity contribution < 1.29 is 4.74 Å². The Morgan fingerprint density at radius 1 is 1.14 bits per heavy atom. The minimum absolute atomic E-state index is 0. The number of benzene rings is 1. The molecule has 0 aliphatic heterocycles. The summed E-state index contributed by atoms with van der Waals surface area (Å²) >= 11 is 0. The van der Waals surface area contributed by atoms with E-state index in [0.717, 1.165) is 5.56 Å². The van der Waals surface area contributed by atoms with E-state index in [0.29, 0.717) is 13.2 Å². The molecule has 80 valence electrons. The summed E-state index contributed by atoms with van der Waals surface area (Å²) < 4.78 is 5.47. The van der Waals surface area contributed by atoms with E-state index in [9.17, 15) is 0 Å². The van der Waals surface area contributed by atoms with Gasteiger partial charge in [0, 0.05) is 6.54 Å². The van der Waals surface area contributed by atoms with Crippen LogP contribution in [0, 0.1) is 0 Å². The van der Waals surface area contributed by atoms with Crippen LogP contribution >= 0.6 is 12.4 Å². The second-order valence-corrected chi connectivity index (χ2v) is 3.38. The fourth-order valence-electron chi connectivity index (χ4n) is 1.03. The number of halogens is 1. The van der Waals surface area contributed by atoms with Gasteiger partial charge in [-0.3, -0.25) is 0 Å². The van der Waals surface area contributed by atoms with Gasteiger partial charge >= 0.3 is 0 Å². The van der Waals surface area contributed by atoms with E-state index in [1.807, 2.05) is 26.0 Å². The molecule has 0 fully saturated rings. The van der Waals surface area contributed by atoms with Crippen LogP contribution in [0.2, 0.25) is 0 Å². The van der Waals surface area contributed by atoms with Gasteiger partial charge < -0.3 is 10.5 Å². The largest absolute Gasteiger partial charge is 0.374 e. The molecule has 2 N–H and O–H groups in total. The zero-order chi connectivity index (χ0) is 9.68. The molecule has 0 aliphatic rings. The first-order valence-electron chi connectivity index (χ1n) is 4.62. The number of rotatable bonds is 4. The van der Waals surface area contributed by atoms with Gasteiger partial charge in [0.15, 0.2) is 0 Å². The van der Waals surface area contributed by atoms with Crippen LogP contribution < -0.4 is 5.73 Å². The first-order valence-corrected chi connectivity index (χ1v) is 4.62. The molecule has 3 heteroatoms. The summed E-state index contributed by atoms with van der Waals surface area (Å²) in [5.41, 5.74) is 7.85. The van der Waals surface area contributed by atoms with Crippen LogP contribution in [0.15, 0.2) is 24.3 Å². The van der Waals surface area contributed by atoms with E-state index < -0.39 is 0 Å². The lowest BCUT2D eigenvalue weighted by atomic mass is 10.1. The number of hydrogen-bond donors (Lipinski definition) is 1. The van der Waals surface area contributed by atoms with Gasteiger partial charge in [-0.25, -0.2) is 0 Å². The van der Waals surface area contributed by atoms with Crippen LogP contribution in [0.5, 0.6) is 0 Å². The molecule has 0 spiro atoms. The highest BCUT2D eigenvalue weighted by Gasteiger charge is 1.96. The summed E-state index contributed by atoms with van der Waals surface area (Å²) in [7, 11) is 0. The molecule has 14 heavy (non-hydrogen) atoms. The molecule has 1 rings (SSSR count). The standard InChI is InChI=1S/C11H17NO.ClH/c1-9(2)13-8-11-5-3-10(7-12)4-6-11;/h3-6,9H,7-8,12H2,1-2H3;1H. The van der Waals surface area contributed by atoms with Crippen molar-refractivity contribution in [3.63, 3.8) is 0 Å². The minimum atomic E-state index is 0. The molecular weight excluding hydrogens is 198 g/mol. The lowest BCUT2D eigenvalue weighted by molar-refractivity contribution is 0.0657. The van der Waals surface area contributed by atoms with Crippen LogP contribution in [0.25, 0.3) is 0 Å². The van der Waals surface area contributed by atoms with Crippen molar-refractivity contribution in [3.05, 3.63) is 35.4 Å². The van der Waals surface area contributed by atoms with Gasteiger partial charge in [-0.2, -0.15) is 0 Å². The van der Waals surface area contributed by atoms with Gasteiger partial charge in [-0.1, -0.05) is 24.3 Å². The third-order valence-electron chi connectivity index (χ3n) is 1.84. The van der Waals surface area contributed by atoms with Gasteiger partial charge in [0.25, 0.3) is 0 Å². The van der Waals surface area contributed by atoms with E-state index in [2.05, 4.69) is 12.1 Å². The Balaban J connectivity index is 0.00000169. The van der Waals surface area contributed by atoms with Crippen LogP contribution in [0.1, 0.15) is 25.0 Å². The van der Waals surface area contributed by atoms with Crippen molar-refractivity contribution in [1.29, 1.82) is 0 Å². The summed E-state index contributed by atoms with van der Waals surface area (Å²) in [6, 6.07) is 8.20. The highest BCUT2D eigenvalue weighted by atomic mass is 35.5. The molecule has 1 aromatic rings. The van der Waals surface area contributed by atoms with Crippen molar-refractivity contribution in [2.24, 2.45) is 5.73 Å². The minimum Gasteiger partial charge on any atom is -0.374 e. The van der Waals surface area contributed by atoms with Gasteiger partial charge in [-0.15, -0.1) is 12.4 Å². The van der Waals surface area contributed by atoms with Gasteiger partial charge in [0.1, 0.15) is 0 Å². The Bertz CT molecular complexity index is 246. The predicted octanol–water partition coefficient (Wildman–Crippen LogP) is 2.49. The van der Waals surface area contributed by atoms with Gasteiger partial charge in [0.05, 0.1) is 12.7 Å². The molecule has 0 bridgehead atoms. The van der Waals surface area contributed by atoms with Crippen molar-refractivity contribution in [2.45, 2.75) is 33.1 Å². The molecule has 0 aliphatic carbocycles. The number of ether oxygens (including phenoxy) is 1. The molecule has 0 atom stereocenters. The Morgan fingerprint density at radius 3 is 2.07 bits per heavy atom. The van der Waals surface area contributed by atoms with Crippen LogP contribution in [0.4, 0.5) is 0 Å². The first kappa shape index (κ1) is 13.4. The molecule has 0 unspecified atom stereocenters. The van der Waals surface area contributed by atoms with Gasteiger partial charge in [-0.05, 0) is 25.0 Å². The van der Waals surface area contributed by atoms with E-state index in [4.69, 9.17) is 10.5 Å². The maximum absolute atomic E-state index is 5.49. The second-order valence-electron chi connectivity index (χ2n) is 3.38. The smallest absolute Gasteiger partial charge is 0.0720 e. The SMILES string of the molecule is CC(C)OCc1ccc(CN)cc1.Cl. The number of hydrogen-bond acceptors (Lipinski definition) is 2. The third-order valence-corrected chi connectivity index (χ3v) is 1.84. The molecule has 0 aromatic heterocycles. The molecule has 0 heterocycles. The zero-order valence-electron chi connectivity index (χ0n) is 8.69. The molecule has 0 saturated carbocycles. The van der Waals surface area contributed by atoms with Crippen molar-refractivity contribution in [1.82, 2.24) is 0 Å². The topological polar surface area (TPSA) is 35.2 Å². The lowest BCUT2D eigenvalue weighted by Gasteiger charge is -2.07. The average molecular weight is 216 g/mol. The van der Waals surface area contributed by atoms with E-state index >= 15 is 0 Å². The molecule has 2 nitrogen and oxygen atoms in total. The van der Waals surface area contributed by atoms with Crippen LogP contribution in [-0.4, -0.2) is 6.10 Å². The maximum atomic E-state index is 5.49. The van der Waals surface area contributed by atoms with Crippen LogP contribution in [0.3, 0.4) is 0 Å².